The first-order chi connectivity index (χ1) is 10.1. The van der Waals surface area contributed by atoms with Gasteiger partial charge in [-0.25, -0.2) is 0 Å². The Balaban J connectivity index is 2.31. The van der Waals surface area contributed by atoms with Gasteiger partial charge in [0, 0.05) is 4.43 Å². The van der Waals surface area contributed by atoms with Gasteiger partial charge >= 0.3 is 7.60 Å². The van der Waals surface area contributed by atoms with Gasteiger partial charge in [-0.1, -0.05) is 52.9 Å². The van der Waals surface area contributed by atoms with E-state index in [1.165, 1.54) is 0 Å². The van der Waals surface area contributed by atoms with Gasteiger partial charge in [0.05, 0.1) is 31.1 Å². The van der Waals surface area contributed by atoms with Crippen molar-refractivity contribution in [1.29, 1.82) is 0 Å². The maximum Gasteiger partial charge on any atom is 0.336 e. The first kappa shape index (κ1) is 17.4. The summed E-state index contributed by atoms with van der Waals surface area (Å²) in [5, 5.41) is 0. The lowest BCUT2D eigenvalue weighted by Crippen LogP contribution is -2.17. The maximum atomic E-state index is 13.1. The van der Waals surface area contributed by atoms with Crippen LogP contribution in [0.1, 0.15) is 31.9 Å². The van der Waals surface area contributed by atoms with Crippen LogP contribution < -0.4 is 0 Å². The topological polar surface area (TPSA) is 44.8 Å². The Bertz CT molecular complexity index is 472. The lowest BCUT2D eigenvalue weighted by atomic mass is 10.1. The van der Waals surface area contributed by atoms with Gasteiger partial charge < -0.3 is 13.8 Å². The number of alkyl halides is 1. The molecule has 1 aromatic rings. The average Bonchev–Trinajstić information content (AvgIpc) is 2.94. The molecular formula is C15H22IO4P. The first-order valence-electron chi connectivity index (χ1n) is 7.29. The number of ether oxygens (including phenoxy) is 1. The summed E-state index contributed by atoms with van der Waals surface area (Å²) in [6.07, 6.45) is 0.574. The van der Waals surface area contributed by atoms with Crippen molar-refractivity contribution < 1.29 is 18.3 Å². The largest absolute Gasteiger partial charge is 0.369 e. The van der Waals surface area contributed by atoms with Crippen molar-refractivity contribution in [3.8, 4) is 0 Å². The van der Waals surface area contributed by atoms with E-state index in [-0.39, 0.29) is 17.9 Å². The minimum absolute atomic E-state index is 0.0926. The van der Waals surface area contributed by atoms with E-state index in [1.54, 1.807) is 0 Å². The van der Waals surface area contributed by atoms with Crippen molar-refractivity contribution >= 4 is 30.2 Å². The van der Waals surface area contributed by atoms with Crippen LogP contribution in [0.4, 0.5) is 0 Å². The molecule has 1 saturated heterocycles. The van der Waals surface area contributed by atoms with E-state index < -0.39 is 7.60 Å². The highest BCUT2D eigenvalue weighted by atomic mass is 127. The highest BCUT2D eigenvalue weighted by Gasteiger charge is 2.48. The number of hydrogen-bond acceptors (Lipinski definition) is 4. The van der Waals surface area contributed by atoms with Crippen LogP contribution in [-0.2, 0) is 18.3 Å². The zero-order valence-corrected chi connectivity index (χ0v) is 15.5. The highest BCUT2D eigenvalue weighted by molar-refractivity contribution is 14.1. The molecule has 21 heavy (non-hydrogen) atoms. The lowest BCUT2D eigenvalue weighted by molar-refractivity contribution is 0.0574. The molecule has 0 spiro atoms. The summed E-state index contributed by atoms with van der Waals surface area (Å²) >= 11 is 2.30. The van der Waals surface area contributed by atoms with Crippen LogP contribution >= 0.6 is 30.2 Å². The molecule has 6 heteroatoms. The SMILES string of the molecule is CCOP(=O)(OCC)C1CC(CI)OC1c1ccccc1. The molecule has 1 aromatic carbocycles. The molecule has 0 aliphatic carbocycles. The second-order valence-electron chi connectivity index (χ2n) is 4.92. The smallest absolute Gasteiger partial charge is 0.336 e. The molecule has 0 bridgehead atoms. The average molecular weight is 424 g/mol. The highest BCUT2D eigenvalue weighted by Crippen LogP contribution is 2.61. The molecule has 0 N–H and O–H groups in total. The zero-order valence-electron chi connectivity index (χ0n) is 12.4. The fraction of sp³-hybridized carbons (Fsp3) is 0.600. The predicted octanol–water partition coefficient (Wildman–Crippen LogP) is 4.59. The fourth-order valence-corrected chi connectivity index (χ4v) is 5.48. The minimum atomic E-state index is -3.17. The molecule has 3 unspecified atom stereocenters. The fourth-order valence-electron chi connectivity index (χ4n) is 2.67. The van der Waals surface area contributed by atoms with E-state index in [1.807, 2.05) is 44.2 Å². The van der Waals surface area contributed by atoms with Gasteiger partial charge in [0.2, 0.25) is 0 Å². The quantitative estimate of drug-likeness (QED) is 0.365. The second kappa shape index (κ2) is 8.06. The summed E-state index contributed by atoms with van der Waals surface area (Å²) in [5.74, 6) is 0. The summed E-state index contributed by atoms with van der Waals surface area (Å²) < 4.78 is 31.2. The van der Waals surface area contributed by atoms with Crippen LogP contribution in [0.2, 0.25) is 0 Å². The van der Waals surface area contributed by atoms with Crippen molar-refractivity contribution in [1.82, 2.24) is 0 Å². The van der Waals surface area contributed by atoms with Gasteiger partial charge in [0.15, 0.2) is 0 Å². The van der Waals surface area contributed by atoms with E-state index in [0.717, 1.165) is 9.99 Å². The molecule has 1 aliphatic heterocycles. The third kappa shape index (κ3) is 4.08. The molecule has 0 amide bonds. The van der Waals surface area contributed by atoms with E-state index in [2.05, 4.69) is 22.6 Å². The molecule has 2 rings (SSSR count). The number of rotatable bonds is 7. The maximum absolute atomic E-state index is 13.1. The first-order valence-corrected chi connectivity index (χ1v) is 10.4. The van der Waals surface area contributed by atoms with Gasteiger partial charge in [-0.15, -0.1) is 0 Å². The predicted molar refractivity (Wildman–Crippen MR) is 92.2 cm³/mol. The van der Waals surface area contributed by atoms with Gasteiger partial charge in [0.1, 0.15) is 0 Å². The van der Waals surface area contributed by atoms with Crippen LogP contribution in [0.5, 0.6) is 0 Å². The van der Waals surface area contributed by atoms with Crippen molar-refractivity contribution in [2.75, 3.05) is 17.6 Å². The Morgan fingerprint density at radius 3 is 2.38 bits per heavy atom. The molecule has 0 aromatic heterocycles. The van der Waals surface area contributed by atoms with Crippen LogP contribution in [0.15, 0.2) is 30.3 Å². The molecule has 1 aliphatic rings. The minimum Gasteiger partial charge on any atom is -0.369 e. The third-order valence-electron chi connectivity index (χ3n) is 3.52. The second-order valence-corrected chi connectivity index (χ2v) is 8.06. The molecular weight excluding hydrogens is 402 g/mol. The number of halogens is 1. The van der Waals surface area contributed by atoms with Crippen molar-refractivity contribution in [2.45, 2.75) is 38.1 Å². The third-order valence-corrected chi connectivity index (χ3v) is 7.03. The monoisotopic (exact) mass is 424 g/mol. The summed E-state index contributed by atoms with van der Waals surface area (Å²) in [4.78, 5) is 0. The normalized spacial score (nSPS) is 26.1. The summed E-state index contributed by atoms with van der Waals surface area (Å²) in [6.45, 7) is 4.44. The molecule has 4 nitrogen and oxygen atoms in total. The van der Waals surface area contributed by atoms with Gasteiger partial charge in [-0.3, -0.25) is 4.57 Å². The Morgan fingerprint density at radius 2 is 1.86 bits per heavy atom. The van der Waals surface area contributed by atoms with E-state index >= 15 is 0 Å². The summed E-state index contributed by atoms with van der Waals surface area (Å²) in [6, 6.07) is 9.93. The Labute approximate surface area is 140 Å². The molecule has 0 radical (unpaired) electrons. The summed E-state index contributed by atoms with van der Waals surface area (Å²) in [5.41, 5.74) is 0.800. The summed E-state index contributed by atoms with van der Waals surface area (Å²) in [7, 11) is -3.17. The molecule has 3 atom stereocenters. The number of hydrogen-bond donors (Lipinski definition) is 0. The van der Waals surface area contributed by atoms with E-state index in [4.69, 9.17) is 13.8 Å². The van der Waals surface area contributed by atoms with E-state index in [9.17, 15) is 4.57 Å². The van der Waals surface area contributed by atoms with Gasteiger partial charge in [-0.2, -0.15) is 0 Å². The Morgan fingerprint density at radius 1 is 1.24 bits per heavy atom. The number of benzene rings is 1. The van der Waals surface area contributed by atoms with Gasteiger partial charge in [0.25, 0.3) is 0 Å². The van der Waals surface area contributed by atoms with Crippen LogP contribution in [0, 0.1) is 0 Å². The standard InChI is InChI=1S/C15H22IO4P/c1-3-18-21(17,19-4-2)14-10-13(11-16)20-15(14)12-8-6-5-7-9-12/h5-9,13-15H,3-4,10-11H2,1-2H3. The molecule has 1 heterocycles. The molecule has 0 saturated carbocycles. The molecule has 118 valence electrons. The van der Waals surface area contributed by atoms with E-state index in [0.29, 0.717) is 19.6 Å². The van der Waals surface area contributed by atoms with Gasteiger partial charge in [-0.05, 0) is 25.8 Å². The van der Waals surface area contributed by atoms with Crippen molar-refractivity contribution in [3.05, 3.63) is 35.9 Å². The van der Waals surface area contributed by atoms with Crippen LogP contribution in [-0.4, -0.2) is 29.4 Å². The van der Waals surface area contributed by atoms with Crippen molar-refractivity contribution in [3.63, 3.8) is 0 Å². The zero-order chi connectivity index (χ0) is 15.3. The van der Waals surface area contributed by atoms with Crippen molar-refractivity contribution in [2.24, 2.45) is 0 Å². The van der Waals surface area contributed by atoms with Crippen LogP contribution in [0.25, 0.3) is 0 Å². The van der Waals surface area contributed by atoms with Crippen LogP contribution in [0.3, 0.4) is 0 Å². The lowest BCUT2D eigenvalue weighted by Gasteiger charge is -2.26. The Hall–Kier alpha value is 0.0600. The molecule has 1 fully saturated rings. The Kier molecular flexibility index (Phi) is 6.69.